The van der Waals surface area contributed by atoms with Gasteiger partial charge in [0, 0.05) is 37.5 Å². The molecule has 3 heterocycles. The van der Waals surface area contributed by atoms with E-state index in [2.05, 4.69) is 10.6 Å². The van der Waals surface area contributed by atoms with Crippen LogP contribution in [-0.2, 0) is 22.3 Å². The summed E-state index contributed by atoms with van der Waals surface area (Å²) in [5, 5.41) is 14.7. The normalized spacial score (nSPS) is 21.1. The lowest BCUT2D eigenvalue weighted by Gasteiger charge is -2.29. The summed E-state index contributed by atoms with van der Waals surface area (Å²) in [6, 6.07) is 9.49. The number of nitrogens with zero attached hydrogens (tertiary/aromatic N) is 1. The molecule has 0 radical (unpaired) electrons. The monoisotopic (exact) mass is 545 g/mol. The van der Waals surface area contributed by atoms with Gasteiger partial charge in [0.05, 0.1) is 5.56 Å². The summed E-state index contributed by atoms with van der Waals surface area (Å²) >= 11 is 0. The number of rotatable bonds is 2. The van der Waals surface area contributed by atoms with Crippen molar-refractivity contribution in [3.05, 3.63) is 64.7 Å². The Kier molecular flexibility index (Phi) is 9.27. The van der Waals surface area contributed by atoms with Crippen molar-refractivity contribution in [3.8, 4) is 5.75 Å². The number of hydrogen-bond donors (Lipinski definition) is 3. The molecule has 3 fully saturated rings. The second-order valence-electron chi connectivity index (χ2n) is 10.3. The molecule has 2 aromatic carbocycles. The van der Waals surface area contributed by atoms with Crippen LogP contribution in [0, 0.1) is 0 Å². The Balaban J connectivity index is 0.000000154. The highest BCUT2D eigenvalue weighted by molar-refractivity contribution is 6.05. The molecule has 2 aromatic rings. The van der Waals surface area contributed by atoms with Crippen LogP contribution >= 0.6 is 0 Å². The second kappa shape index (κ2) is 12.6. The van der Waals surface area contributed by atoms with Crippen LogP contribution in [0.2, 0.25) is 0 Å². The van der Waals surface area contributed by atoms with Crippen molar-refractivity contribution in [2.45, 2.75) is 76.0 Å². The standard InChI is InChI=1S/C13H12N2O4.C10H10F3N.C6H12/c16-8-1-2-9-7(5-8)6-15(13(9)19)10-3-4-11(17)14-12(10)18;11-10(12,13)9-3-1-2-7(4-9)8-5-14-6-8;1-2-4-6-5-3-1/h1-2,5,10,16H,3-4,6H2,(H,14,17,18);1-4,8,14H,5-6H2;1-6H2. The molecular formula is C29H34F3N3O4. The summed E-state index contributed by atoms with van der Waals surface area (Å²) in [5.74, 6) is -0.622. The van der Waals surface area contributed by atoms with Gasteiger partial charge in [-0.3, -0.25) is 19.7 Å². The molecule has 1 atom stereocenters. The Bertz CT molecular complexity index is 1180. The van der Waals surface area contributed by atoms with Crippen LogP contribution in [0.3, 0.4) is 0 Å². The average Bonchev–Trinajstić information content (AvgIpc) is 3.19. The van der Waals surface area contributed by atoms with E-state index >= 15 is 0 Å². The SMILES string of the molecule is C1CCCCC1.FC(F)(F)c1cccc(C2CNC2)c1.O=C1CCC(N2Cc3cc(O)ccc3C2=O)C(=O)N1. The fraction of sp³-hybridized carbons (Fsp3) is 0.483. The van der Waals surface area contributed by atoms with Crippen LogP contribution in [0.25, 0.3) is 0 Å². The fourth-order valence-corrected chi connectivity index (χ4v) is 5.11. The Morgan fingerprint density at radius 3 is 2.13 bits per heavy atom. The first-order valence-electron chi connectivity index (χ1n) is 13.5. The summed E-state index contributed by atoms with van der Waals surface area (Å²) in [7, 11) is 0. The molecule has 210 valence electrons. The number of piperidine rings is 1. The molecule has 3 aliphatic heterocycles. The first kappa shape index (κ1) is 28.6. The minimum atomic E-state index is -4.23. The number of amides is 3. The van der Waals surface area contributed by atoms with E-state index in [1.54, 1.807) is 12.1 Å². The van der Waals surface area contributed by atoms with Crippen LogP contribution < -0.4 is 10.6 Å². The molecule has 2 saturated heterocycles. The van der Waals surface area contributed by atoms with E-state index in [1.165, 1.54) is 67.7 Å². The third-order valence-corrected chi connectivity index (χ3v) is 7.47. The van der Waals surface area contributed by atoms with Gasteiger partial charge in [-0.1, -0.05) is 56.7 Å². The van der Waals surface area contributed by atoms with E-state index < -0.39 is 23.7 Å². The van der Waals surface area contributed by atoms with Gasteiger partial charge in [0.2, 0.25) is 11.8 Å². The molecule has 3 N–H and O–H groups in total. The van der Waals surface area contributed by atoms with Crippen molar-refractivity contribution in [3.63, 3.8) is 0 Å². The zero-order valence-electron chi connectivity index (χ0n) is 21.7. The molecule has 0 bridgehead atoms. The Labute approximate surface area is 225 Å². The number of carbonyl (C=O) groups is 3. The maximum Gasteiger partial charge on any atom is 0.416 e. The Morgan fingerprint density at radius 1 is 0.897 bits per heavy atom. The minimum absolute atomic E-state index is 0.0941. The number of fused-ring (bicyclic) bond motifs is 1. The van der Waals surface area contributed by atoms with E-state index in [1.807, 2.05) is 0 Å². The molecule has 39 heavy (non-hydrogen) atoms. The molecule has 3 amide bonds. The molecule has 0 spiro atoms. The predicted octanol–water partition coefficient (Wildman–Crippen LogP) is 4.89. The molecule has 1 saturated carbocycles. The van der Waals surface area contributed by atoms with Gasteiger partial charge in [0.15, 0.2) is 0 Å². The number of phenols is 1. The van der Waals surface area contributed by atoms with Gasteiger partial charge in [-0.05, 0) is 41.8 Å². The van der Waals surface area contributed by atoms with Crippen LogP contribution in [0.5, 0.6) is 5.75 Å². The number of aromatic hydroxyl groups is 1. The van der Waals surface area contributed by atoms with Gasteiger partial charge >= 0.3 is 6.18 Å². The highest BCUT2D eigenvalue weighted by Crippen LogP contribution is 2.32. The van der Waals surface area contributed by atoms with Crippen molar-refractivity contribution in [1.29, 1.82) is 0 Å². The molecular weight excluding hydrogens is 511 g/mol. The molecule has 0 aromatic heterocycles. The zero-order chi connectivity index (χ0) is 28.0. The van der Waals surface area contributed by atoms with E-state index in [9.17, 15) is 32.7 Å². The molecule has 1 aliphatic carbocycles. The molecule has 6 rings (SSSR count). The molecule has 1 unspecified atom stereocenters. The van der Waals surface area contributed by atoms with Crippen LogP contribution in [0.1, 0.15) is 84.3 Å². The highest BCUT2D eigenvalue weighted by Gasteiger charge is 2.39. The number of hydrogen-bond acceptors (Lipinski definition) is 5. The topological polar surface area (TPSA) is 98.7 Å². The summed E-state index contributed by atoms with van der Waals surface area (Å²) in [6.45, 7) is 1.84. The third-order valence-electron chi connectivity index (χ3n) is 7.47. The quantitative estimate of drug-likeness (QED) is 0.467. The first-order chi connectivity index (χ1) is 18.6. The number of nitrogens with one attached hydrogen (secondary N) is 2. The number of imide groups is 1. The van der Waals surface area contributed by atoms with Crippen molar-refractivity contribution in [2.75, 3.05) is 13.1 Å². The summed E-state index contributed by atoms with van der Waals surface area (Å²) in [4.78, 5) is 36.6. The van der Waals surface area contributed by atoms with Gasteiger partial charge < -0.3 is 15.3 Å². The Morgan fingerprint density at radius 2 is 1.56 bits per heavy atom. The number of halogens is 3. The largest absolute Gasteiger partial charge is 0.508 e. The molecule has 10 heteroatoms. The lowest BCUT2D eigenvalue weighted by Crippen LogP contribution is -2.52. The van der Waals surface area contributed by atoms with Crippen LogP contribution in [0.15, 0.2) is 42.5 Å². The van der Waals surface area contributed by atoms with Crippen molar-refractivity contribution in [2.24, 2.45) is 0 Å². The zero-order valence-corrected chi connectivity index (χ0v) is 21.7. The first-order valence-corrected chi connectivity index (χ1v) is 13.5. The maximum atomic E-state index is 12.3. The lowest BCUT2D eigenvalue weighted by atomic mass is 9.92. The predicted molar refractivity (Wildman–Crippen MR) is 139 cm³/mol. The molecule has 7 nitrogen and oxygen atoms in total. The summed E-state index contributed by atoms with van der Waals surface area (Å²) in [5.41, 5.74) is 1.43. The number of carbonyl (C=O) groups excluding carboxylic acids is 3. The number of phenolic OH excluding ortho intramolecular Hbond substituents is 1. The van der Waals surface area contributed by atoms with Crippen molar-refractivity contribution < 1.29 is 32.7 Å². The lowest BCUT2D eigenvalue weighted by molar-refractivity contribution is -0.138. The van der Waals surface area contributed by atoms with Gasteiger partial charge in [0.25, 0.3) is 5.91 Å². The smallest absolute Gasteiger partial charge is 0.416 e. The number of alkyl halides is 3. The van der Waals surface area contributed by atoms with Crippen molar-refractivity contribution in [1.82, 2.24) is 15.5 Å². The van der Waals surface area contributed by atoms with Gasteiger partial charge in [-0.2, -0.15) is 13.2 Å². The maximum absolute atomic E-state index is 12.3. The van der Waals surface area contributed by atoms with Gasteiger partial charge in [-0.15, -0.1) is 0 Å². The van der Waals surface area contributed by atoms with Crippen LogP contribution in [-0.4, -0.2) is 46.9 Å². The highest BCUT2D eigenvalue weighted by atomic mass is 19.4. The third kappa shape index (κ3) is 7.38. The fourth-order valence-electron chi connectivity index (χ4n) is 5.11. The summed E-state index contributed by atoms with van der Waals surface area (Å²) in [6.07, 6.45) is 5.35. The minimum Gasteiger partial charge on any atom is -0.508 e. The van der Waals surface area contributed by atoms with E-state index in [4.69, 9.17) is 0 Å². The Hall–Kier alpha value is -3.40. The van der Waals surface area contributed by atoms with Gasteiger partial charge in [0.1, 0.15) is 11.8 Å². The second-order valence-corrected chi connectivity index (χ2v) is 10.3. The van der Waals surface area contributed by atoms with E-state index in [0.29, 0.717) is 17.5 Å². The van der Waals surface area contributed by atoms with Crippen LogP contribution in [0.4, 0.5) is 13.2 Å². The average molecular weight is 546 g/mol. The van der Waals surface area contributed by atoms with E-state index in [-0.39, 0.29) is 36.4 Å². The van der Waals surface area contributed by atoms with Gasteiger partial charge in [-0.25, -0.2) is 0 Å². The molecule has 4 aliphatic rings. The van der Waals surface area contributed by atoms with E-state index in [0.717, 1.165) is 24.7 Å². The number of benzene rings is 2. The summed E-state index contributed by atoms with van der Waals surface area (Å²) < 4.78 is 37.0. The van der Waals surface area contributed by atoms with Crippen molar-refractivity contribution >= 4 is 17.7 Å².